The second-order valence-corrected chi connectivity index (χ2v) is 9.82. The van der Waals surface area contributed by atoms with Crippen molar-refractivity contribution in [2.75, 3.05) is 25.4 Å². The van der Waals surface area contributed by atoms with E-state index in [0.29, 0.717) is 32.4 Å². The predicted molar refractivity (Wildman–Crippen MR) is 136 cm³/mol. The van der Waals surface area contributed by atoms with Gasteiger partial charge >= 0.3 is 12.3 Å². The van der Waals surface area contributed by atoms with Crippen LogP contribution in [-0.2, 0) is 10.9 Å². The summed E-state index contributed by atoms with van der Waals surface area (Å²) in [5.74, 6) is 6.07. The van der Waals surface area contributed by atoms with E-state index in [-0.39, 0.29) is 34.5 Å². The van der Waals surface area contributed by atoms with Crippen molar-refractivity contribution in [3.05, 3.63) is 42.0 Å². The number of imidazole rings is 1. The van der Waals surface area contributed by atoms with Crippen LogP contribution in [0.5, 0.6) is 5.75 Å². The molecule has 2 aliphatic rings. The van der Waals surface area contributed by atoms with Crippen LogP contribution in [0.1, 0.15) is 36.9 Å². The van der Waals surface area contributed by atoms with E-state index in [1.54, 1.807) is 0 Å². The van der Waals surface area contributed by atoms with Crippen LogP contribution in [0, 0.1) is 17.8 Å². The normalized spacial score (nSPS) is 23.4. The van der Waals surface area contributed by atoms with Crippen LogP contribution >= 0.6 is 0 Å². The summed E-state index contributed by atoms with van der Waals surface area (Å²) in [7, 11) is 0. The number of ether oxygens (including phenoxy) is 2. The highest BCUT2D eigenvalue weighted by Crippen LogP contribution is 2.33. The van der Waals surface area contributed by atoms with Crippen molar-refractivity contribution in [2.45, 2.75) is 50.0 Å². The summed E-state index contributed by atoms with van der Waals surface area (Å²) in [5, 5.41) is 29.8. The van der Waals surface area contributed by atoms with Gasteiger partial charge in [-0.3, -0.25) is 4.57 Å². The van der Waals surface area contributed by atoms with Gasteiger partial charge in [0.15, 0.2) is 17.7 Å². The molecule has 0 bridgehead atoms. The maximum absolute atomic E-state index is 12.9. The molecule has 4 atom stereocenters. The average Bonchev–Trinajstić information content (AvgIpc) is 3.49. The van der Waals surface area contributed by atoms with Crippen LogP contribution < -0.4 is 10.5 Å². The molecule has 0 spiro atoms. The number of fused-ring (bicyclic) bond motifs is 1. The van der Waals surface area contributed by atoms with E-state index in [0.717, 1.165) is 12.1 Å². The van der Waals surface area contributed by atoms with E-state index >= 15 is 0 Å². The van der Waals surface area contributed by atoms with Crippen molar-refractivity contribution in [1.82, 2.24) is 24.4 Å². The van der Waals surface area contributed by atoms with E-state index < -0.39 is 49.0 Å². The monoisotopic (exact) mass is 576 g/mol. The van der Waals surface area contributed by atoms with Gasteiger partial charge in [0.1, 0.15) is 29.6 Å². The average molecular weight is 577 g/mol. The molecular formula is C26H27F3N6O6. The second-order valence-electron chi connectivity index (χ2n) is 9.82. The molecule has 3 aromatic rings. The number of hydrogen-bond donors (Lipinski definition) is 4. The van der Waals surface area contributed by atoms with Crippen molar-refractivity contribution in [3.63, 3.8) is 0 Å². The van der Waals surface area contributed by atoms with Crippen molar-refractivity contribution in [2.24, 2.45) is 5.92 Å². The van der Waals surface area contributed by atoms with Crippen LogP contribution in [-0.4, -0.2) is 83.8 Å². The predicted octanol–water partition coefficient (Wildman–Crippen LogP) is 1.69. The molecule has 2 saturated heterocycles. The number of aromatic nitrogens is 4. The first kappa shape index (κ1) is 28.6. The molecule has 0 unspecified atom stereocenters. The Kier molecular flexibility index (Phi) is 8.00. The van der Waals surface area contributed by atoms with Gasteiger partial charge in [-0.2, -0.15) is 13.2 Å². The van der Waals surface area contributed by atoms with Crippen LogP contribution in [0.4, 0.5) is 23.8 Å². The molecule has 1 aromatic carbocycles. The number of amides is 1. The highest BCUT2D eigenvalue weighted by atomic mass is 19.4. The van der Waals surface area contributed by atoms with Gasteiger partial charge < -0.3 is 35.4 Å². The van der Waals surface area contributed by atoms with E-state index in [2.05, 4.69) is 26.8 Å². The molecule has 218 valence electrons. The Morgan fingerprint density at radius 1 is 1.20 bits per heavy atom. The van der Waals surface area contributed by atoms with Crippen LogP contribution in [0.2, 0.25) is 0 Å². The summed E-state index contributed by atoms with van der Waals surface area (Å²) < 4.78 is 50.8. The lowest BCUT2D eigenvalue weighted by molar-refractivity contribution is -0.137. The summed E-state index contributed by atoms with van der Waals surface area (Å²) >= 11 is 0. The van der Waals surface area contributed by atoms with Crippen LogP contribution in [0.3, 0.4) is 0 Å². The number of piperidine rings is 1. The number of halogens is 3. The van der Waals surface area contributed by atoms with Gasteiger partial charge in [0, 0.05) is 19.5 Å². The van der Waals surface area contributed by atoms with Gasteiger partial charge in [-0.1, -0.05) is 12.0 Å². The van der Waals surface area contributed by atoms with Crippen molar-refractivity contribution < 1.29 is 42.8 Å². The zero-order valence-corrected chi connectivity index (χ0v) is 21.5. The number of anilines is 1. The number of benzene rings is 1. The molecule has 0 aliphatic carbocycles. The fraction of sp³-hybridized carbons (Fsp3) is 0.462. The standard InChI is InChI=1S/C26H27F3N6O6/c27-26(28,29)15-4-2-5-16(11-15)40-25(39)34-9-7-14(8-10-34)3-1-6-18-32-22(30)19-23(33-18)35(13-31-19)24-21(38)20(37)17(12-36)41-24/h2,4-5,11,13-14,17,20-21,24,36-38H,3,7-10,12H2,(H2,30,32,33)/t17-,20-,21-,24-/m1/s1. The number of aliphatic hydroxyl groups excluding tert-OH is 3. The third-order valence-electron chi connectivity index (χ3n) is 7.07. The summed E-state index contributed by atoms with van der Waals surface area (Å²) in [6.07, 6.45) is -6.84. The molecule has 2 aromatic heterocycles. The highest BCUT2D eigenvalue weighted by Gasteiger charge is 2.44. The zero-order chi connectivity index (χ0) is 29.3. The highest BCUT2D eigenvalue weighted by molar-refractivity contribution is 5.82. The lowest BCUT2D eigenvalue weighted by Crippen LogP contribution is -2.40. The van der Waals surface area contributed by atoms with Crippen LogP contribution in [0.15, 0.2) is 30.6 Å². The molecule has 12 nitrogen and oxygen atoms in total. The first-order chi connectivity index (χ1) is 19.5. The molecule has 2 aliphatic heterocycles. The molecule has 4 heterocycles. The lowest BCUT2D eigenvalue weighted by atomic mass is 9.94. The molecule has 15 heteroatoms. The minimum atomic E-state index is -4.54. The summed E-state index contributed by atoms with van der Waals surface area (Å²) in [6, 6.07) is 4.18. The summed E-state index contributed by atoms with van der Waals surface area (Å²) in [4.78, 5) is 26.6. The Labute approximate surface area is 231 Å². The number of hydrogen-bond acceptors (Lipinski definition) is 10. The Morgan fingerprint density at radius 2 is 1.95 bits per heavy atom. The van der Waals surface area contributed by atoms with Gasteiger partial charge in [-0.05, 0) is 42.9 Å². The number of alkyl halides is 3. The number of rotatable bonds is 4. The molecule has 0 saturated carbocycles. The van der Waals surface area contributed by atoms with E-state index in [4.69, 9.17) is 15.2 Å². The van der Waals surface area contributed by atoms with Gasteiger partial charge in [-0.15, -0.1) is 0 Å². The Bertz CT molecular complexity index is 1480. The number of carbonyl (C=O) groups is 1. The first-order valence-corrected chi connectivity index (χ1v) is 12.8. The summed E-state index contributed by atoms with van der Waals surface area (Å²) in [6.45, 7) is 0.247. The van der Waals surface area contributed by atoms with Gasteiger partial charge in [0.05, 0.1) is 18.5 Å². The number of likely N-dealkylation sites (tertiary alicyclic amines) is 1. The zero-order valence-electron chi connectivity index (χ0n) is 21.5. The Hall–Kier alpha value is -3.97. The Balaban J connectivity index is 1.19. The fourth-order valence-electron chi connectivity index (χ4n) is 4.79. The fourth-order valence-corrected chi connectivity index (χ4v) is 4.79. The third kappa shape index (κ3) is 6.05. The number of nitrogens with zero attached hydrogens (tertiary/aromatic N) is 5. The van der Waals surface area contributed by atoms with Crippen molar-refractivity contribution >= 4 is 23.1 Å². The molecular weight excluding hydrogens is 549 g/mol. The number of aliphatic hydroxyl groups is 3. The molecule has 2 fully saturated rings. The van der Waals surface area contributed by atoms with Crippen LogP contribution in [0.25, 0.3) is 11.2 Å². The van der Waals surface area contributed by atoms with Gasteiger partial charge in [-0.25, -0.2) is 19.7 Å². The first-order valence-electron chi connectivity index (χ1n) is 12.8. The van der Waals surface area contributed by atoms with Gasteiger partial charge in [0.2, 0.25) is 5.82 Å². The quantitative estimate of drug-likeness (QED) is 0.335. The number of nitrogens with two attached hydrogens (primary N) is 1. The lowest BCUT2D eigenvalue weighted by Gasteiger charge is -2.30. The maximum atomic E-state index is 12.9. The van der Waals surface area contributed by atoms with E-state index in [1.165, 1.54) is 27.9 Å². The maximum Gasteiger partial charge on any atom is 0.416 e. The smallest absolute Gasteiger partial charge is 0.410 e. The molecule has 5 rings (SSSR count). The summed E-state index contributed by atoms with van der Waals surface area (Å²) in [5.41, 5.74) is 5.64. The molecule has 41 heavy (non-hydrogen) atoms. The second kappa shape index (κ2) is 11.5. The van der Waals surface area contributed by atoms with Gasteiger partial charge in [0.25, 0.3) is 0 Å². The minimum absolute atomic E-state index is 0.0670. The molecule has 1 amide bonds. The molecule has 5 N–H and O–H groups in total. The SMILES string of the molecule is Nc1nc(C#CCC2CCN(C(=O)Oc3cccc(C(F)(F)F)c3)CC2)nc2c1ncn2[C@@H]1O[C@H](CO)[C@@H](O)[C@H]1O. The molecule has 0 radical (unpaired) electrons. The largest absolute Gasteiger partial charge is 0.416 e. The number of carbonyl (C=O) groups excluding carboxylic acids is 1. The topological polar surface area (TPSA) is 169 Å². The third-order valence-corrected chi connectivity index (χ3v) is 7.07. The Morgan fingerprint density at radius 3 is 2.63 bits per heavy atom. The number of nitrogen functional groups attached to an aromatic ring is 1. The van der Waals surface area contributed by atoms with E-state index in [1.807, 2.05) is 0 Å². The minimum Gasteiger partial charge on any atom is -0.410 e. The van der Waals surface area contributed by atoms with Crippen molar-refractivity contribution in [1.29, 1.82) is 0 Å². The van der Waals surface area contributed by atoms with E-state index in [9.17, 15) is 33.3 Å². The van der Waals surface area contributed by atoms with Crippen molar-refractivity contribution in [3.8, 4) is 17.6 Å².